The van der Waals surface area contributed by atoms with Gasteiger partial charge in [-0.1, -0.05) is 34.1 Å². The van der Waals surface area contributed by atoms with Crippen LogP contribution >= 0.6 is 0 Å². The van der Waals surface area contributed by atoms with E-state index < -0.39 is 228 Å². The molecule has 0 radical (unpaired) electrons. The lowest BCUT2D eigenvalue weighted by Crippen LogP contribution is -2.61. The number of nitrogens with two attached hydrogens (primary N) is 7. The molecular formula is C73H127N23O20. The molecule has 3 heterocycles. The number of carboxylic acid groups (broad SMARTS) is 2. The summed E-state index contributed by atoms with van der Waals surface area (Å²) in [5.74, 6) is -17.4. The normalized spacial score (nSPS) is 18.3. The number of guanidine groups is 1. The molecule has 0 aromatic rings. The van der Waals surface area contributed by atoms with Gasteiger partial charge in [-0.15, -0.1) is 0 Å². The van der Waals surface area contributed by atoms with E-state index in [0.29, 0.717) is 45.1 Å². The lowest BCUT2D eigenvalue weighted by molar-refractivity contribution is -0.145. The van der Waals surface area contributed by atoms with Crippen molar-refractivity contribution in [3.8, 4) is 0 Å². The van der Waals surface area contributed by atoms with Crippen molar-refractivity contribution in [2.75, 3.05) is 45.8 Å². The Morgan fingerprint density at radius 3 is 1.16 bits per heavy atom. The topological polar surface area (TPSA) is 708 Å². The first-order chi connectivity index (χ1) is 54.7. The van der Waals surface area contributed by atoms with Crippen molar-refractivity contribution in [3.63, 3.8) is 0 Å². The predicted molar refractivity (Wildman–Crippen MR) is 419 cm³/mol. The molecule has 43 nitrogen and oxygen atoms in total. The number of unbranched alkanes of at least 4 members (excludes halogenated alkanes) is 3. The summed E-state index contributed by atoms with van der Waals surface area (Å²) in [6.07, 6.45) is 1.64. The lowest BCUT2D eigenvalue weighted by Gasteiger charge is -2.33. The number of nitrogens with one attached hydrogen (secondary N) is 13. The Morgan fingerprint density at radius 2 is 0.716 bits per heavy atom. The van der Waals surface area contributed by atoms with E-state index in [2.05, 4.69) is 63.8 Å². The minimum Gasteiger partial charge on any atom is -0.481 e. The van der Waals surface area contributed by atoms with E-state index in [0.717, 1.165) is 0 Å². The maximum Gasteiger partial charge on any atom is 0.326 e. The summed E-state index contributed by atoms with van der Waals surface area (Å²) in [4.78, 5) is 248. The Bertz CT molecular complexity index is 3420. The largest absolute Gasteiger partial charge is 0.481 e. The minimum atomic E-state index is -1.55. The quantitative estimate of drug-likeness (QED) is 0.0153. The van der Waals surface area contributed by atoms with Crippen molar-refractivity contribution in [1.29, 1.82) is 5.41 Å². The van der Waals surface area contributed by atoms with Crippen LogP contribution < -0.4 is 104 Å². The fourth-order valence-corrected chi connectivity index (χ4v) is 13.4. The molecular weight excluding hydrogens is 1520 g/mol. The van der Waals surface area contributed by atoms with E-state index in [4.69, 9.17) is 45.5 Å². The van der Waals surface area contributed by atoms with Gasteiger partial charge in [0.2, 0.25) is 94.5 Å². The molecule has 29 N–H and O–H groups in total. The van der Waals surface area contributed by atoms with Crippen LogP contribution in [0.2, 0.25) is 0 Å². The Labute approximate surface area is 674 Å². The van der Waals surface area contributed by atoms with Gasteiger partial charge in [0.25, 0.3) is 0 Å². The van der Waals surface area contributed by atoms with E-state index in [1.807, 2.05) is 0 Å². The average molecular weight is 1650 g/mol. The number of rotatable bonds is 53. The second-order valence-electron chi connectivity index (χ2n) is 30.3. The number of primary amides is 2. The Kier molecular flexibility index (Phi) is 43.7. The molecule has 0 aliphatic carbocycles. The van der Waals surface area contributed by atoms with Crippen molar-refractivity contribution in [2.45, 2.75) is 287 Å². The number of nitrogens with zero attached hydrogens (tertiary/aromatic N) is 3. The molecule has 3 rings (SSSR count). The Hall–Kier alpha value is -10.4. The van der Waals surface area contributed by atoms with Crippen molar-refractivity contribution in [2.24, 2.45) is 52.0 Å². The van der Waals surface area contributed by atoms with Crippen molar-refractivity contribution >= 4 is 112 Å². The third-order valence-electron chi connectivity index (χ3n) is 20.2. The number of likely N-dealkylation sites (tertiary alicyclic amines) is 3. The highest BCUT2D eigenvalue weighted by atomic mass is 16.4. The molecule has 0 unspecified atom stereocenters. The standard InChI is InChI=1S/C73H127N23O20/c1-38(2)56(68(111)85-40(5)58(101)83-41(6)60(103)91-49(72(115)116)26-29-54(79)98)92-64(107)44(19-9-12-32-75)86-63(106)45(21-14-34-82-73(80)81)87-65(108)50-22-15-35-94(50)69(112)47(20-10-13-33-76)89-59(102)42(7)84-62(105)46(25-28-53(78)97)88-66(109)51-23-17-37-96(51)71(114)57(39(3)4)93-67(110)52-24-16-36-95(52)70(113)48(27-30-55(99)100)90-61(104)43(77)18-8-11-31-74/h38-52,56-57H,8-37,74-77H2,1-7H3,(H2,78,97)(H2,79,98)(H,83,101)(H,84,105)(H,85,111)(H,86,106)(H,87,108)(H,88,109)(H,89,102)(H,90,104)(H,91,103)(H,92,107)(H,93,110)(H,99,100)(H,115,116)(H4,80,81,82)/t40-,41-,42-,43-,44-,45-,46-,47-,48-,49-,50+,51-,52-,56-,57-/m0/s1. The second-order valence-corrected chi connectivity index (χ2v) is 30.3. The maximum absolute atomic E-state index is 14.8. The van der Waals surface area contributed by atoms with Crippen LogP contribution in [-0.4, -0.2) is 274 Å². The first-order valence-electron chi connectivity index (χ1n) is 39.9. The first kappa shape index (κ1) is 99.8. The molecule has 0 bridgehead atoms. The van der Waals surface area contributed by atoms with Crippen molar-refractivity contribution in [3.05, 3.63) is 0 Å². The molecule has 116 heavy (non-hydrogen) atoms. The molecule has 3 aliphatic heterocycles. The zero-order valence-corrected chi connectivity index (χ0v) is 67.7. The van der Waals surface area contributed by atoms with Crippen LogP contribution in [0.1, 0.15) is 196 Å². The van der Waals surface area contributed by atoms with Crippen LogP contribution in [0.5, 0.6) is 0 Å². The summed E-state index contributed by atoms with van der Waals surface area (Å²) in [7, 11) is 0. The fourth-order valence-electron chi connectivity index (χ4n) is 13.4. The number of carbonyl (C=O) groups excluding carboxylic acids is 16. The summed E-state index contributed by atoms with van der Waals surface area (Å²) >= 11 is 0. The van der Waals surface area contributed by atoms with Crippen LogP contribution in [0, 0.1) is 17.2 Å². The Balaban J connectivity index is 1.82. The number of hydrogen-bond acceptors (Lipinski definition) is 23. The van der Waals surface area contributed by atoms with Gasteiger partial charge < -0.3 is 129 Å². The lowest BCUT2D eigenvalue weighted by atomic mass is 10.0. The molecule has 3 saturated heterocycles. The molecule has 15 atom stereocenters. The summed E-state index contributed by atoms with van der Waals surface area (Å²) in [5, 5.41) is 57.6. The Morgan fingerprint density at radius 1 is 0.371 bits per heavy atom. The number of carbonyl (C=O) groups is 18. The van der Waals surface area contributed by atoms with Crippen molar-refractivity contribution in [1.82, 2.24) is 78.5 Å². The third kappa shape index (κ3) is 33.4. The molecule has 3 aliphatic rings. The van der Waals surface area contributed by atoms with Crippen LogP contribution in [0.4, 0.5) is 0 Å². The first-order valence-corrected chi connectivity index (χ1v) is 39.9. The number of aliphatic carboxylic acids is 2. The molecule has 16 amide bonds. The average Bonchev–Trinajstić information content (AvgIpc) is 1.63. The number of hydrogen-bond donors (Lipinski definition) is 22. The highest BCUT2D eigenvalue weighted by Gasteiger charge is 2.45. The molecule has 0 aromatic heterocycles. The van der Waals surface area contributed by atoms with E-state index in [1.54, 1.807) is 27.7 Å². The molecule has 0 spiro atoms. The summed E-state index contributed by atoms with van der Waals surface area (Å²) < 4.78 is 0. The highest BCUT2D eigenvalue weighted by molar-refractivity contribution is 6.01. The van der Waals surface area contributed by atoms with Gasteiger partial charge in [0.05, 0.1) is 6.04 Å². The van der Waals surface area contributed by atoms with Crippen molar-refractivity contribution < 1.29 is 96.5 Å². The predicted octanol–water partition coefficient (Wildman–Crippen LogP) is -6.88. The van der Waals surface area contributed by atoms with Gasteiger partial charge in [-0.25, -0.2) is 4.79 Å². The zero-order valence-electron chi connectivity index (χ0n) is 67.7. The van der Waals surface area contributed by atoms with Crippen LogP contribution in [0.3, 0.4) is 0 Å². The zero-order chi connectivity index (χ0) is 87.2. The summed E-state index contributed by atoms with van der Waals surface area (Å²) in [6, 6.07) is -19.9. The van der Waals surface area contributed by atoms with E-state index in [9.17, 15) is 96.5 Å². The molecule has 3 fully saturated rings. The molecule has 0 aromatic carbocycles. The van der Waals surface area contributed by atoms with E-state index in [1.165, 1.54) is 35.5 Å². The SMILES string of the molecule is CC(C)[C@H](NC(=O)[C@H](CCCCN)NC(=O)[C@H](CCCNC(=N)N)NC(=O)[C@H]1CCCN1C(=O)[C@H](CCCCN)NC(=O)[C@H](C)NC(=O)[C@H](CCC(N)=O)NC(=O)[C@@H]1CCCN1C(=O)[C@@H](NC(=O)[C@@H]1CCCN1C(=O)[C@H](CCC(=O)O)NC(=O)[C@@H](N)CCCCN)C(C)C)C(=O)N[C@@H](C)C(=O)N[C@@H](C)C(=O)N[C@@H](CCC(N)=O)C(=O)O. The monoisotopic (exact) mass is 1650 g/mol. The van der Waals surface area contributed by atoms with Gasteiger partial charge in [-0.3, -0.25) is 86.9 Å². The second kappa shape index (κ2) is 50.8. The number of carboxylic acids is 2. The van der Waals surface area contributed by atoms with Crippen LogP contribution in [0.15, 0.2) is 0 Å². The van der Waals surface area contributed by atoms with Crippen LogP contribution in [0.25, 0.3) is 0 Å². The third-order valence-corrected chi connectivity index (χ3v) is 20.2. The van der Waals surface area contributed by atoms with Gasteiger partial charge in [-0.05, 0) is 174 Å². The smallest absolute Gasteiger partial charge is 0.326 e. The molecule has 0 saturated carbocycles. The fraction of sp³-hybridized carbons (Fsp3) is 0.740. The van der Waals surface area contributed by atoms with E-state index in [-0.39, 0.29) is 136 Å². The number of amides is 16. The molecule has 43 heteroatoms. The molecule has 654 valence electrons. The van der Waals surface area contributed by atoms with Gasteiger partial charge in [0.1, 0.15) is 84.6 Å². The summed E-state index contributed by atoms with van der Waals surface area (Å²) in [5.41, 5.74) is 39.5. The van der Waals surface area contributed by atoms with Gasteiger partial charge in [0.15, 0.2) is 5.96 Å². The van der Waals surface area contributed by atoms with Crippen LogP contribution in [-0.2, 0) is 86.3 Å². The van der Waals surface area contributed by atoms with Gasteiger partial charge >= 0.3 is 11.9 Å². The summed E-state index contributed by atoms with van der Waals surface area (Å²) in [6.45, 7) is 11.2. The van der Waals surface area contributed by atoms with Gasteiger partial charge in [-0.2, -0.15) is 0 Å². The van der Waals surface area contributed by atoms with Gasteiger partial charge in [0, 0.05) is 45.4 Å². The highest BCUT2D eigenvalue weighted by Crippen LogP contribution is 2.26. The minimum absolute atomic E-state index is 0.00456. The maximum atomic E-state index is 14.8. The van der Waals surface area contributed by atoms with E-state index >= 15 is 0 Å².